The fourth-order valence-electron chi connectivity index (χ4n) is 8.36. The van der Waals surface area contributed by atoms with E-state index < -0.39 is 34.3 Å². The van der Waals surface area contributed by atoms with Crippen LogP contribution in [0.5, 0.6) is 0 Å². The molecule has 0 aliphatic heterocycles. The second-order valence-electron chi connectivity index (χ2n) is 16.2. The van der Waals surface area contributed by atoms with Gasteiger partial charge in [0, 0.05) is 34.1 Å². The van der Waals surface area contributed by atoms with Gasteiger partial charge < -0.3 is 9.80 Å². The third kappa shape index (κ3) is 9.22. The van der Waals surface area contributed by atoms with Crippen LogP contribution in [0.1, 0.15) is 44.5 Å². The molecule has 0 fully saturated rings. The van der Waals surface area contributed by atoms with Gasteiger partial charge in [0.05, 0.1) is 11.1 Å². The molecule has 0 aliphatic rings. The third-order valence-electron chi connectivity index (χ3n) is 11.6. The summed E-state index contributed by atoms with van der Waals surface area (Å²) >= 11 is 0. The molecule has 0 saturated carbocycles. The van der Waals surface area contributed by atoms with Crippen LogP contribution in [0, 0.1) is 13.8 Å². The van der Waals surface area contributed by atoms with E-state index in [9.17, 15) is 26.3 Å². The van der Waals surface area contributed by atoms with Crippen LogP contribution in [0.25, 0.3) is 45.8 Å². The number of fused-ring (bicyclic) bond motifs is 3. The molecule has 326 valence electrons. The third-order valence-corrected chi connectivity index (χ3v) is 11.6. The maximum Gasteiger partial charge on any atom is 0.417 e. The molecule has 0 N–H and O–H groups in total. The molecule has 0 heterocycles. The van der Waals surface area contributed by atoms with Crippen molar-refractivity contribution in [2.75, 3.05) is 9.80 Å². The highest BCUT2D eigenvalue weighted by atomic mass is 19.4. The molecular weight excluding hydrogens is 839 g/mol. The quantitative estimate of drug-likeness (QED) is 0.0767. The molecule has 0 saturated heterocycles. The average Bonchev–Trinajstić information content (AvgIpc) is 3.32. The lowest BCUT2D eigenvalue weighted by Gasteiger charge is -2.25. The van der Waals surface area contributed by atoms with Gasteiger partial charge in [0.1, 0.15) is 0 Å². The number of benzene rings is 9. The standard InChI is InChI=1S/C58H42F6N2/c1-39-13-27-47(28-14-39)65(45-9-5-3-6-10-45)49-31-21-41(22-32-49)17-19-43-25-35-51-53(37-43)54-38-44(26-36-52(54)56(58(62,63)64)55(51)57(59,60)61)20-18-42-23-33-50(34-24-42)66(46-11-7-4-8-12-46)48-29-15-40(2)16-30-48/h3-38H,1-2H3/b19-17-,20-18+. The lowest BCUT2D eigenvalue weighted by Crippen LogP contribution is -2.18. The molecule has 0 spiro atoms. The Bertz CT molecular complexity index is 2970. The predicted octanol–water partition coefficient (Wildman–Crippen LogP) is 17.9. The summed E-state index contributed by atoms with van der Waals surface area (Å²) in [7, 11) is 0. The van der Waals surface area contributed by atoms with Gasteiger partial charge in [-0.15, -0.1) is 0 Å². The zero-order valence-electron chi connectivity index (χ0n) is 35.9. The van der Waals surface area contributed by atoms with Gasteiger partial charge in [-0.1, -0.05) is 145 Å². The lowest BCUT2D eigenvalue weighted by molar-refractivity contribution is -0.160. The zero-order chi connectivity index (χ0) is 46.0. The first kappa shape index (κ1) is 43.4. The molecule has 0 aromatic heterocycles. The van der Waals surface area contributed by atoms with Crippen LogP contribution in [-0.2, 0) is 12.4 Å². The number of nitrogens with zero attached hydrogens (tertiary/aromatic N) is 2. The Labute approximate surface area is 379 Å². The lowest BCUT2D eigenvalue weighted by atomic mass is 9.89. The molecule has 9 aromatic carbocycles. The minimum Gasteiger partial charge on any atom is -0.311 e. The second-order valence-corrected chi connectivity index (χ2v) is 16.2. The van der Waals surface area contributed by atoms with Gasteiger partial charge in [-0.3, -0.25) is 0 Å². The van der Waals surface area contributed by atoms with E-state index >= 15 is 0 Å². The van der Waals surface area contributed by atoms with Gasteiger partial charge in [0.2, 0.25) is 0 Å². The zero-order valence-corrected chi connectivity index (χ0v) is 35.9. The molecule has 0 amide bonds. The molecule has 0 unspecified atom stereocenters. The fraction of sp³-hybridized carbons (Fsp3) is 0.0690. The SMILES string of the molecule is Cc1ccc(N(c2ccccc2)c2ccc(/C=C\c3ccc4c(C(F)(F)F)c(C(F)(F)F)c5ccc(/C=C/c6ccc(N(c7ccccc7)c7ccc(C)cc7)cc6)cc5c4c3)cc2)cc1. The molecule has 0 radical (unpaired) electrons. The van der Waals surface area contributed by atoms with E-state index in [1.54, 1.807) is 12.2 Å². The molecule has 0 aliphatic carbocycles. The van der Waals surface area contributed by atoms with Crippen molar-refractivity contribution >= 4 is 80.0 Å². The maximum absolute atomic E-state index is 14.8. The van der Waals surface area contributed by atoms with E-state index in [2.05, 4.69) is 58.3 Å². The van der Waals surface area contributed by atoms with Crippen LogP contribution in [-0.4, -0.2) is 0 Å². The van der Waals surface area contributed by atoms with Crippen molar-refractivity contribution in [1.29, 1.82) is 0 Å². The van der Waals surface area contributed by atoms with Crippen molar-refractivity contribution in [3.63, 3.8) is 0 Å². The minimum atomic E-state index is -5.27. The van der Waals surface area contributed by atoms with Gasteiger partial charge in [-0.2, -0.15) is 26.3 Å². The van der Waals surface area contributed by atoms with Crippen LogP contribution in [0.2, 0.25) is 0 Å². The molecule has 9 aromatic rings. The number of hydrogen-bond acceptors (Lipinski definition) is 2. The fourth-order valence-corrected chi connectivity index (χ4v) is 8.36. The smallest absolute Gasteiger partial charge is 0.311 e. The number of hydrogen-bond donors (Lipinski definition) is 0. The van der Waals surface area contributed by atoms with Gasteiger partial charge in [0.25, 0.3) is 0 Å². The maximum atomic E-state index is 14.8. The highest BCUT2D eigenvalue weighted by Crippen LogP contribution is 2.49. The first-order valence-electron chi connectivity index (χ1n) is 21.4. The van der Waals surface area contributed by atoms with Crippen LogP contribution < -0.4 is 9.80 Å². The van der Waals surface area contributed by atoms with Crippen molar-refractivity contribution in [3.05, 3.63) is 239 Å². The summed E-state index contributed by atoms with van der Waals surface area (Å²) in [6.45, 7) is 4.07. The Hall–Kier alpha value is -7.84. The number of aryl methyl sites for hydroxylation is 2. The molecule has 0 atom stereocenters. The molecular formula is C58H42F6N2. The Morgan fingerprint density at radius 3 is 0.894 bits per heavy atom. The highest BCUT2D eigenvalue weighted by molar-refractivity contribution is 6.12. The molecule has 9 rings (SSSR count). The Morgan fingerprint density at radius 2 is 0.576 bits per heavy atom. The first-order chi connectivity index (χ1) is 31.8. The summed E-state index contributed by atoms with van der Waals surface area (Å²) in [6, 6.07) is 60.4. The molecule has 0 bridgehead atoms. The van der Waals surface area contributed by atoms with Gasteiger partial charge >= 0.3 is 12.4 Å². The van der Waals surface area contributed by atoms with E-state index in [4.69, 9.17) is 0 Å². The van der Waals surface area contributed by atoms with Gasteiger partial charge in [-0.05, 0) is 143 Å². The number of halogens is 6. The Kier molecular flexibility index (Phi) is 11.8. The first-order valence-corrected chi connectivity index (χ1v) is 21.4. The second kappa shape index (κ2) is 18.0. The molecule has 8 heteroatoms. The van der Waals surface area contributed by atoms with E-state index in [-0.39, 0.29) is 10.8 Å². The normalized spacial score (nSPS) is 12.1. The van der Waals surface area contributed by atoms with Crippen LogP contribution in [0.3, 0.4) is 0 Å². The highest BCUT2D eigenvalue weighted by Gasteiger charge is 2.46. The van der Waals surface area contributed by atoms with E-state index in [1.165, 1.54) is 24.3 Å². The van der Waals surface area contributed by atoms with Crippen LogP contribution in [0.15, 0.2) is 194 Å². The summed E-state index contributed by atoms with van der Waals surface area (Å²) in [5.41, 5.74) is 7.40. The Balaban J connectivity index is 1.06. The van der Waals surface area contributed by atoms with Gasteiger partial charge in [0.15, 0.2) is 0 Å². The number of para-hydroxylation sites is 2. The predicted molar refractivity (Wildman–Crippen MR) is 261 cm³/mol. The monoisotopic (exact) mass is 880 g/mol. The van der Waals surface area contributed by atoms with Crippen molar-refractivity contribution in [1.82, 2.24) is 0 Å². The van der Waals surface area contributed by atoms with Crippen molar-refractivity contribution in [2.45, 2.75) is 26.2 Å². The number of rotatable bonds is 10. The number of anilines is 6. The summed E-state index contributed by atoms with van der Waals surface area (Å²) in [5.74, 6) is 0. The topological polar surface area (TPSA) is 6.48 Å². The minimum absolute atomic E-state index is 0.0659. The number of alkyl halides is 6. The largest absolute Gasteiger partial charge is 0.417 e. The molecule has 2 nitrogen and oxygen atoms in total. The summed E-state index contributed by atoms with van der Waals surface area (Å²) in [5, 5.41) is -0.907. The van der Waals surface area contributed by atoms with Crippen molar-refractivity contribution < 1.29 is 26.3 Å². The van der Waals surface area contributed by atoms with Crippen LogP contribution >= 0.6 is 0 Å². The molecule has 66 heavy (non-hydrogen) atoms. The Morgan fingerprint density at radius 1 is 0.303 bits per heavy atom. The van der Waals surface area contributed by atoms with E-state index in [0.717, 1.165) is 68.5 Å². The van der Waals surface area contributed by atoms with Gasteiger partial charge in [-0.25, -0.2) is 0 Å². The summed E-state index contributed by atoms with van der Waals surface area (Å²) in [4.78, 5) is 4.28. The average molecular weight is 881 g/mol. The van der Waals surface area contributed by atoms with E-state index in [0.29, 0.717) is 11.1 Å². The summed E-state index contributed by atoms with van der Waals surface area (Å²) in [6.07, 6.45) is -3.37. The van der Waals surface area contributed by atoms with Crippen molar-refractivity contribution in [2.24, 2.45) is 0 Å². The summed E-state index contributed by atoms with van der Waals surface area (Å²) < 4.78 is 88.6. The van der Waals surface area contributed by atoms with Crippen LogP contribution in [0.4, 0.5) is 60.5 Å². The van der Waals surface area contributed by atoms with Crippen molar-refractivity contribution in [3.8, 4) is 0 Å². The van der Waals surface area contributed by atoms with E-state index in [1.807, 2.05) is 135 Å².